The molecule has 1 rings (SSSR count). The van der Waals surface area contributed by atoms with E-state index in [1.807, 2.05) is 0 Å². The maximum absolute atomic E-state index is 10.9. The molecule has 0 aliphatic carbocycles. The van der Waals surface area contributed by atoms with Crippen molar-refractivity contribution in [2.24, 2.45) is 25.8 Å². The molecule has 3 N–H and O–H groups in total. The zero-order valence-electron chi connectivity index (χ0n) is 12.1. The molecule has 0 saturated heterocycles. The quantitative estimate of drug-likeness (QED) is 0.288. The molecule has 12 heteroatoms. The Bertz CT molecular complexity index is 572. The molecule has 2 unspecified atom stereocenters. The first-order valence-electron chi connectivity index (χ1n) is 6.32. The maximum Gasteiger partial charge on any atom is 0.231 e. The number of rotatable bonds is 8. The Morgan fingerprint density at radius 3 is 2.82 bits per heavy atom. The number of hydrogen-bond donors (Lipinski definition) is 2. The van der Waals surface area contributed by atoms with Crippen LogP contribution in [0.1, 0.15) is 20.3 Å². The zero-order chi connectivity index (χ0) is 16.7. The molecule has 0 radical (unpaired) electrons. The van der Waals surface area contributed by atoms with E-state index in [0.717, 1.165) is 0 Å². The van der Waals surface area contributed by atoms with E-state index in [0.29, 0.717) is 12.0 Å². The third-order valence-corrected chi connectivity index (χ3v) is 4.32. The topological polar surface area (TPSA) is 159 Å². The van der Waals surface area contributed by atoms with Gasteiger partial charge in [0.25, 0.3) is 0 Å². The molecule has 1 aliphatic heterocycles. The van der Waals surface area contributed by atoms with Crippen molar-refractivity contribution in [2.75, 3.05) is 12.3 Å². The normalized spacial score (nSPS) is 19.9. The summed E-state index contributed by atoms with van der Waals surface area (Å²) in [6.45, 7) is 3.23. The fraction of sp³-hybridized carbons (Fsp3) is 0.600. The molecule has 0 aromatic carbocycles. The molecule has 0 aromatic rings. The Hall–Kier alpha value is -2.37. The van der Waals surface area contributed by atoms with Crippen molar-refractivity contribution in [3.63, 3.8) is 0 Å². The molecule has 122 valence electrons. The summed E-state index contributed by atoms with van der Waals surface area (Å²) in [4.78, 5) is 21.4. The van der Waals surface area contributed by atoms with Gasteiger partial charge in [-0.3, -0.25) is 14.9 Å². The predicted octanol–water partition coefficient (Wildman–Crippen LogP) is 0.618. The molecule has 22 heavy (non-hydrogen) atoms. The van der Waals surface area contributed by atoms with E-state index in [9.17, 15) is 14.9 Å². The minimum atomic E-state index is -0.958. The van der Waals surface area contributed by atoms with Gasteiger partial charge in [-0.15, -0.1) is 0 Å². The highest BCUT2D eigenvalue weighted by Gasteiger charge is 2.21. The lowest BCUT2D eigenvalue weighted by Gasteiger charge is -2.14. The average molecular weight is 331 g/mol. The lowest BCUT2D eigenvalue weighted by Crippen LogP contribution is -2.31. The number of nitrogens with zero attached hydrogens (tertiary/aromatic N) is 6. The van der Waals surface area contributed by atoms with Gasteiger partial charge in [0, 0.05) is 17.4 Å². The summed E-state index contributed by atoms with van der Waals surface area (Å²) in [7, 11) is -0.958. The average Bonchev–Trinajstić information content (AvgIpc) is 2.88. The van der Waals surface area contributed by atoms with Gasteiger partial charge in [0.2, 0.25) is 11.9 Å². The van der Waals surface area contributed by atoms with Gasteiger partial charge in [-0.05, 0) is 22.9 Å². The molecule has 1 amide bonds. The van der Waals surface area contributed by atoms with Crippen LogP contribution < -0.4 is 5.73 Å². The Labute approximate surface area is 128 Å². The minimum Gasteiger partial charge on any atom is -0.411 e. The van der Waals surface area contributed by atoms with Crippen molar-refractivity contribution in [3.8, 4) is 0 Å². The number of primary amides is 1. The van der Waals surface area contributed by atoms with E-state index < -0.39 is 27.7 Å². The van der Waals surface area contributed by atoms with Crippen LogP contribution in [0.3, 0.4) is 0 Å². The van der Waals surface area contributed by atoms with E-state index in [1.165, 1.54) is 17.4 Å². The van der Waals surface area contributed by atoms with Crippen molar-refractivity contribution in [3.05, 3.63) is 21.8 Å². The lowest BCUT2D eigenvalue weighted by atomic mass is 10.0. The monoisotopic (exact) mass is 331 g/mol. The first-order chi connectivity index (χ1) is 10.4. The predicted molar refractivity (Wildman–Crippen MR) is 79.5 cm³/mol. The SMILES string of the molecule is CCC(=CC(CN1N=NN=S1CC(N)=O)=NO)C(C)[N+](=O)[O-]. The largest absolute Gasteiger partial charge is 0.411 e. The Kier molecular flexibility index (Phi) is 6.56. The van der Waals surface area contributed by atoms with Gasteiger partial charge in [-0.1, -0.05) is 16.6 Å². The second-order valence-electron chi connectivity index (χ2n) is 4.35. The lowest BCUT2D eigenvalue weighted by molar-refractivity contribution is -0.507. The molecule has 0 spiro atoms. The van der Waals surface area contributed by atoms with Crippen molar-refractivity contribution in [2.45, 2.75) is 26.3 Å². The van der Waals surface area contributed by atoms with E-state index in [2.05, 4.69) is 20.1 Å². The van der Waals surface area contributed by atoms with Crippen LogP contribution in [0, 0.1) is 10.1 Å². The highest BCUT2D eigenvalue weighted by molar-refractivity contribution is 7.85. The van der Waals surface area contributed by atoms with Gasteiger partial charge in [0.15, 0.2) is 0 Å². The first-order valence-corrected chi connectivity index (χ1v) is 7.63. The number of nitro groups is 1. The van der Waals surface area contributed by atoms with Crippen molar-refractivity contribution >= 4 is 22.5 Å². The summed E-state index contributed by atoms with van der Waals surface area (Å²) in [5.41, 5.74) is 5.76. The van der Waals surface area contributed by atoms with E-state index >= 15 is 0 Å². The highest BCUT2D eigenvalue weighted by atomic mass is 32.2. The molecular weight excluding hydrogens is 314 g/mol. The van der Waals surface area contributed by atoms with Crippen molar-refractivity contribution in [1.82, 2.24) is 4.41 Å². The van der Waals surface area contributed by atoms with Gasteiger partial charge in [-0.25, -0.2) is 4.41 Å². The summed E-state index contributed by atoms with van der Waals surface area (Å²) in [6, 6.07) is -0.893. The summed E-state index contributed by atoms with van der Waals surface area (Å²) in [5, 5.41) is 30.2. The highest BCUT2D eigenvalue weighted by Crippen LogP contribution is 2.13. The number of oxime groups is 1. The van der Waals surface area contributed by atoms with Crippen molar-refractivity contribution in [1.29, 1.82) is 0 Å². The van der Waals surface area contributed by atoms with Crippen LogP contribution in [0.5, 0.6) is 0 Å². The van der Waals surface area contributed by atoms with Gasteiger partial charge < -0.3 is 10.9 Å². The van der Waals surface area contributed by atoms with Gasteiger partial charge >= 0.3 is 0 Å². The van der Waals surface area contributed by atoms with Crippen LogP contribution in [0.25, 0.3) is 0 Å². The van der Waals surface area contributed by atoms with Crippen LogP contribution in [0.15, 0.2) is 31.7 Å². The summed E-state index contributed by atoms with van der Waals surface area (Å²) in [5.74, 6) is -0.611. The van der Waals surface area contributed by atoms with Crippen LogP contribution in [0.4, 0.5) is 0 Å². The smallest absolute Gasteiger partial charge is 0.231 e. The van der Waals surface area contributed by atoms with Gasteiger partial charge in [-0.2, -0.15) is 0 Å². The summed E-state index contributed by atoms with van der Waals surface area (Å²) in [6.07, 6.45) is 1.87. The number of carbonyl (C=O) groups excluding carboxylic acids is 1. The number of nitrogens with two attached hydrogens (primary N) is 1. The first kappa shape index (κ1) is 17.7. The van der Waals surface area contributed by atoms with Crippen LogP contribution in [-0.2, 0) is 15.7 Å². The molecule has 2 atom stereocenters. The van der Waals surface area contributed by atoms with Gasteiger partial charge in [0.05, 0.1) is 17.4 Å². The fourth-order valence-electron chi connectivity index (χ4n) is 1.64. The minimum absolute atomic E-state index is 0.00776. The molecule has 0 bridgehead atoms. The Morgan fingerprint density at radius 1 is 1.64 bits per heavy atom. The second-order valence-corrected chi connectivity index (χ2v) is 5.90. The number of amides is 1. The third-order valence-electron chi connectivity index (χ3n) is 2.82. The van der Waals surface area contributed by atoms with E-state index in [1.54, 1.807) is 6.92 Å². The molecule has 0 fully saturated rings. The zero-order valence-corrected chi connectivity index (χ0v) is 12.9. The van der Waals surface area contributed by atoms with Crippen LogP contribution in [0.2, 0.25) is 0 Å². The molecule has 1 aliphatic rings. The van der Waals surface area contributed by atoms with Crippen molar-refractivity contribution < 1.29 is 14.9 Å². The molecule has 1 heterocycles. The van der Waals surface area contributed by atoms with E-state index in [-0.39, 0.29) is 18.0 Å². The van der Waals surface area contributed by atoms with E-state index in [4.69, 9.17) is 10.9 Å². The molecule has 0 aromatic heterocycles. The molecular formula is C10H17N7O4S. The fourth-order valence-corrected chi connectivity index (χ4v) is 2.70. The Balaban J connectivity index is 2.85. The maximum atomic E-state index is 10.9. The van der Waals surface area contributed by atoms with Crippen LogP contribution >= 0.6 is 0 Å². The second kappa shape index (κ2) is 8.17. The Morgan fingerprint density at radius 2 is 2.32 bits per heavy atom. The summed E-state index contributed by atoms with van der Waals surface area (Å²) >= 11 is 0. The standard InChI is InChI=1S/C10H17N7O4S/c1-3-8(7(2)17(20)21)4-9(12-19)5-16-14-13-15-22(16)6-10(11)18/h4,7,19H,3,5-6H2,1-2H3,(H2,11,18). The summed E-state index contributed by atoms with van der Waals surface area (Å²) < 4.78 is 5.10. The van der Waals surface area contributed by atoms with Gasteiger partial charge in [0.1, 0.15) is 11.5 Å². The molecule has 0 saturated carbocycles. The number of hydrogen-bond acceptors (Lipinski definition) is 9. The van der Waals surface area contributed by atoms with Crippen LogP contribution in [-0.4, -0.2) is 44.5 Å². The molecule has 11 nitrogen and oxygen atoms in total. The number of carbonyl (C=O) groups is 1. The third kappa shape index (κ3) is 4.87.